The average molecular weight is 316 g/mol. The van der Waals surface area contributed by atoms with Gasteiger partial charge in [-0.3, -0.25) is 9.48 Å². The molecule has 1 aromatic heterocycles. The van der Waals surface area contributed by atoms with Crippen LogP contribution < -0.4 is 5.32 Å². The minimum atomic E-state index is -3.17. The van der Waals surface area contributed by atoms with Crippen LogP contribution in [0.1, 0.15) is 6.42 Å². The van der Waals surface area contributed by atoms with Gasteiger partial charge >= 0.3 is 0 Å². The standard InChI is InChI=1S/C12H14ClN3O3S/c1-16-9-5-3-4-8(13)11(9)12(15-16)14-10(17)6-7-20(2,18)19/h3-5H,6-7H2,1-2H3,(H,14,15,17). The maximum absolute atomic E-state index is 11.8. The van der Waals surface area contributed by atoms with Crippen molar-refractivity contribution in [3.8, 4) is 0 Å². The number of nitrogens with one attached hydrogen (secondary N) is 1. The van der Waals surface area contributed by atoms with Gasteiger partial charge in [0.1, 0.15) is 9.84 Å². The molecule has 108 valence electrons. The number of aryl methyl sites for hydroxylation is 1. The fraction of sp³-hybridized carbons (Fsp3) is 0.333. The monoisotopic (exact) mass is 315 g/mol. The maximum Gasteiger partial charge on any atom is 0.226 e. The highest BCUT2D eigenvalue weighted by molar-refractivity contribution is 7.90. The van der Waals surface area contributed by atoms with E-state index in [2.05, 4.69) is 10.4 Å². The largest absolute Gasteiger partial charge is 0.309 e. The number of carbonyl (C=O) groups excluding carboxylic acids is 1. The topological polar surface area (TPSA) is 81.1 Å². The van der Waals surface area contributed by atoms with Crippen molar-refractivity contribution in [1.82, 2.24) is 9.78 Å². The Morgan fingerprint density at radius 1 is 1.45 bits per heavy atom. The Morgan fingerprint density at radius 2 is 2.15 bits per heavy atom. The second-order valence-electron chi connectivity index (χ2n) is 4.53. The van der Waals surface area contributed by atoms with Crippen molar-refractivity contribution in [2.75, 3.05) is 17.3 Å². The van der Waals surface area contributed by atoms with Gasteiger partial charge in [-0.15, -0.1) is 0 Å². The Bertz CT molecular complexity index is 768. The molecular formula is C12H14ClN3O3S. The number of fused-ring (bicyclic) bond motifs is 1. The van der Waals surface area contributed by atoms with E-state index in [0.29, 0.717) is 16.2 Å². The van der Waals surface area contributed by atoms with Crippen molar-refractivity contribution in [1.29, 1.82) is 0 Å². The molecule has 0 atom stereocenters. The Hall–Kier alpha value is -1.60. The summed E-state index contributed by atoms with van der Waals surface area (Å²) in [5, 5.41) is 7.91. The smallest absolute Gasteiger partial charge is 0.226 e. The van der Waals surface area contributed by atoms with Crippen LogP contribution in [0.3, 0.4) is 0 Å². The third-order valence-corrected chi connectivity index (χ3v) is 4.05. The molecule has 2 rings (SSSR count). The van der Waals surface area contributed by atoms with Crippen molar-refractivity contribution < 1.29 is 13.2 Å². The number of nitrogens with zero attached hydrogens (tertiary/aromatic N) is 2. The molecule has 1 amide bonds. The van der Waals surface area contributed by atoms with Crippen LogP contribution in [0.4, 0.5) is 5.82 Å². The number of amides is 1. The van der Waals surface area contributed by atoms with Crippen LogP contribution >= 0.6 is 11.6 Å². The second kappa shape index (κ2) is 5.41. The molecule has 1 N–H and O–H groups in total. The van der Waals surface area contributed by atoms with Gasteiger partial charge in [-0.25, -0.2) is 8.42 Å². The van der Waals surface area contributed by atoms with E-state index in [0.717, 1.165) is 11.8 Å². The van der Waals surface area contributed by atoms with Crippen molar-refractivity contribution in [3.05, 3.63) is 23.2 Å². The predicted molar refractivity (Wildman–Crippen MR) is 78.7 cm³/mol. The van der Waals surface area contributed by atoms with E-state index in [4.69, 9.17) is 11.6 Å². The van der Waals surface area contributed by atoms with Gasteiger partial charge in [-0.2, -0.15) is 5.10 Å². The van der Waals surface area contributed by atoms with Gasteiger partial charge in [0, 0.05) is 19.7 Å². The lowest BCUT2D eigenvalue weighted by molar-refractivity contribution is -0.115. The minimum absolute atomic E-state index is 0.110. The molecule has 20 heavy (non-hydrogen) atoms. The van der Waals surface area contributed by atoms with Crippen molar-refractivity contribution in [2.24, 2.45) is 7.05 Å². The Kier molecular flexibility index (Phi) is 4.01. The number of benzene rings is 1. The van der Waals surface area contributed by atoms with E-state index >= 15 is 0 Å². The molecule has 0 aliphatic heterocycles. The number of rotatable bonds is 4. The van der Waals surface area contributed by atoms with E-state index in [1.807, 2.05) is 6.07 Å². The second-order valence-corrected chi connectivity index (χ2v) is 7.20. The van der Waals surface area contributed by atoms with Crippen molar-refractivity contribution >= 4 is 44.1 Å². The number of aromatic nitrogens is 2. The molecule has 1 heterocycles. The Labute approximate surface area is 121 Å². The SMILES string of the molecule is Cn1nc(NC(=O)CCS(C)(=O)=O)c2c(Cl)cccc21. The zero-order valence-electron chi connectivity index (χ0n) is 11.1. The summed E-state index contributed by atoms with van der Waals surface area (Å²) in [6.07, 6.45) is 0.981. The predicted octanol–water partition coefficient (Wildman–Crippen LogP) is 1.60. The molecule has 6 nitrogen and oxygen atoms in total. The van der Waals surface area contributed by atoms with Crippen molar-refractivity contribution in [3.63, 3.8) is 0 Å². The number of hydrogen-bond acceptors (Lipinski definition) is 4. The number of carbonyl (C=O) groups is 1. The van der Waals surface area contributed by atoms with Crippen LogP contribution in [-0.2, 0) is 21.7 Å². The summed E-state index contributed by atoms with van der Waals surface area (Å²) in [6.45, 7) is 0. The Balaban J connectivity index is 2.24. The van der Waals surface area contributed by atoms with Gasteiger partial charge in [0.2, 0.25) is 5.91 Å². The fourth-order valence-electron chi connectivity index (χ4n) is 1.83. The van der Waals surface area contributed by atoms with Crippen molar-refractivity contribution in [2.45, 2.75) is 6.42 Å². The summed E-state index contributed by atoms with van der Waals surface area (Å²) in [7, 11) is -1.43. The van der Waals surface area contributed by atoms with Crippen LogP contribution in [0.25, 0.3) is 10.9 Å². The van der Waals surface area contributed by atoms with Crippen LogP contribution in [0.2, 0.25) is 5.02 Å². The molecule has 0 radical (unpaired) electrons. The van der Waals surface area contributed by atoms with E-state index < -0.39 is 15.7 Å². The molecule has 8 heteroatoms. The van der Waals surface area contributed by atoms with Gasteiger partial charge < -0.3 is 5.32 Å². The highest BCUT2D eigenvalue weighted by Gasteiger charge is 2.15. The minimum Gasteiger partial charge on any atom is -0.309 e. The molecule has 0 aliphatic carbocycles. The maximum atomic E-state index is 11.8. The lowest BCUT2D eigenvalue weighted by atomic mass is 10.2. The molecule has 0 saturated carbocycles. The lowest BCUT2D eigenvalue weighted by Crippen LogP contribution is -2.17. The lowest BCUT2D eigenvalue weighted by Gasteiger charge is -2.02. The van der Waals surface area contributed by atoms with Gasteiger partial charge in [0.25, 0.3) is 0 Å². The third-order valence-electron chi connectivity index (χ3n) is 2.78. The van der Waals surface area contributed by atoms with E-state index in [-0.39, 0.29) is 12.2 Å². The normalized spacial score (nSPS) is 11.8. The highest BCUT2D eigenvalue weighted by atomic mass is 35.5. The van der Waals surface area contributed by atoms with E-state index in [1.54, 1.807) is 23.9 Å². The highest BCUT2D eigenvalue weighted by Crippen LogP contribution is 2.29. The summed E-state index contributed by atoms with van der Waals surface area (Å²) in [6, 6.07) is 5.33. The van der Waals surface area contributed by atoms with E-state index in [9.17, 15) is 13.2 Å². The molecule has 0 spiro atoms. The van der Waals surface area contributed by atoms with Gasteiger partial charge in [-0.05, 0) is 12.1 Å². The number of hydrogen-bond donors (Lipinski definition) is 1. The molecular weight excluding hydrogens is 302 g/mol. The quantitative estimate of drug-likeness (QED) is 0.929. The average Bonchev–Trinajstić information content (AvgIpc) is 2.64. The van der Waals surface area contributed by atoms with Gasteiger partial charge in [-0.1, -0.05) is 17.7 Å². The first kappa shape index (κ1) is 14.8. The number of sulfone groups is 1. The summed E-state index contributed by atoms with van der Waals surface area (Å²) < 4.78 is 23.7. The summed E-state index contributed by atoms with van der Waals surface area (Å²) in [4.78, 5) is 11.8. The van der Waals surface area contributed by atoms with Gasteiger partial charge in [0.15, 0.2) is 5.82 Å². The molecule has 0 fully saturated rings. The first-order valence-electron chi connectivity index (χ1n) is 5.87. The molecule has 0 saturated heterocycles. The Morgan fingerprint density at radius 3 is 2.80 bits per heavy atom. The number of anilines is 1. The molecule has 0 aliphatic rings. The van der Waals surface area contributed by atoms with Gasteiger partial charge in [0.05, 0.1) is 21.7 Å². The summed E-state index contributed by atoms with van der Waals surface area (Å²) in [5.74, 6) is -0.265. The first-order valence-corrected chi connectivity index (χ1v) is 8.30. The molecule has 1 aromatic carbocycles. The zero-order chi connectivity index (χ0) is 14.9. The van der Waals surface area contributed by atoms with Crippen LogP contribution in [0, 0.1) is 0 Å². The summed E-state index contributed by atoms with van der Waals surface area (Å²) >= 11 is 6.11. The first-order chi connectivity index (χ1) is 9.28. The summed E-state index contributed by atoms with van der Waals surface area (Å²) in [5.41, 5.74) is 0.788. The van der Waals surface area contributed by atoms with Crippen LogP contribution in [-0.4, -0.2) is 36.1 Å². The molecule has 0 unspecified atom stereocenters. The van der Waals surface area contributed by atoms with Crippen LogP contribution in [0.5, 0.6) is 0 Å². The third kappa shape index (κ3) is 3.29. The fourth-order valence-corrected chi connectivity index (χ4v) is 2.65. The van der Waals surface area contributed by atoms with E-state index in [1.165, 1.54) is 0 Å². The molecule has 2 aromatic rings. The zero-order valence-corrected chi connectivity index (χ0v) is 12.6. The van der Waals surface area contributed by atoms with Crippen LogP contribution in [0.15, 0.2) is 18.2 Å². The molecule has 0 bridgehead atoms. The number of halogens is 1.